The number of benzene rings is 2. The number of likely N-dealkylation sites (tertiary alicyclic amines) is 1. The Morgan fingerprint density at radius 3 is 2.64 bits per heavy atom. The third-order valence-corrected chi connectivity index (χ3v) is 7.90. The number of anilines is 2. The number of nitrogens with zero attached hydrogens (tertiary/aromatic N) is 4. The number of hydrogen-bond donors (Lipinski definition) is 3. The standard InChI is InChI=1S/C28H38N6O2/c1-19-8-9-25-24(14-19)27(31-33(25)4)29-16-26(35)30-21-17-34(18-21)22-10-12-28(36,13-11-22)20-6-5-7-23(15-20)32(2)3/h5-9,14-15,21-22,36H,10-13,16-18H2,1-4H3,(H,29,31)(H,30,35)/t22-,28-. The molecule has 1 aliphatic carbocycles. The minimum absolute atomic E-state index is 0.00935. The van der Waals surface area contributed by atoms with Gasteiger partial charge in [0, 0.05) is 51.3 Å². The van der Waals surface area contributed by atoms with E-state index in [1.165, 1.54) is 5.56 Å². The van der Waals surface area contributed by atoms with Crippen LogP contribution in [-0.4, -0.2) is 71.5 Å². The lowest BCUT2D eigenvalue weighted by atomic mass is 9.76. The highest BCUT2D eigenvalue weighted by atomic mass is 16.3. The molecule has 2 heterocycles. The molecule has 8 heteroatoms. The first kappa shape index (κ1) is 24.6. The number of hydrogen-bond acceptors (Lipinski definition) is 6. The molecule has 5 rings (SSSR count). The molecule has 1 aromatic heterocycles. The first-order valence-corrected chi connectivity index (χ1v) is 12.9. The fourth-order valence-electron chi connectivity index (χ4n) is 5.66. The molecule has 3 aromatic rings. The Morgan fingerprint density at radius 1 is 1.17 bits per heavy atom. The molecule has 3 N–H and O–H groups in total. The van der Waals surface area contributed by atoms with Crippen molar-refractivity contribution in [3.05, 3.63) is 53.6 Å². The van der Waals surface area contributed by atoms with Gasteiger partial charge in [-0.05, 0) is 62.4 Å². The Bertz CT molecular complexity index is 1240. The molecule has 0 unspecified atom stereocenters. The summed E-state index contributed by atoms with van der Waals surface area (Å²) in [6.07, 6.45) is 3.47. The van der Waals surface area contributed by atoms with Crippen molar-refractivity contribution >= 4 is 28.3 Å². The van der Waals surface area contributed by atoms with E-state index in [1.54, 1.807) is 0 Å². The fourth-order valence-corrected chi connectivity index (χ4v) is 5.66. The number of carbonyl (C=O) groups is 1. The molecule has 1 aliphatic heterocycles. The molecule has 2 fully saturated rings. The van der Waals surface area contributed by atoms with Gasteiger partial charge in [0.15, 0.2) is 5.82 Å². The van der Waals surface area contributed by atoms with E-state index < -0.39 is 5.60 Å². The summed E-state index contributed by atoms with van der Waals surface area (Å²) in [4.78, 5) is 17.1. The van der Waals surface area contributed by atoms with Crippen molar-refractivity contribution in [2.75, 3.05) is 43.9 Å². The van der Waals surface area contributed by atoms with Crippen molar-refractivity contribution in [3.63, 3.8) is 0 Å². The van der Waals surface area contributed by atoms with Gasteiger partial charge in [-0.2, -0.15) is 5.10 Å². The zero-order chi connectivity index (χ0) is 25.4. The van der Waals surface area contributed by atoms with Crippen LogP contribution in [0.5, 0.6) is 0 Å². The molecule has 0 bridgehead atoms. The van der Waals surface area contributed by atoms with Crippen LogP contribution < -0.4 is 15.5 Å². The summed E-state index contributed by atoms with van der Waals surface area (Å²) in [6.45, 7) is 4.01. The van der Waals surface area contributed by atoms with Gasteiger partial charge < -0.3 is 20.6 Å². The van der Waals surface area contributed by atoms with Crippen molar-refractivity contribution in [1.82, 2.24) is 20.0 Å². The van der Waals surface area contributed by atoms with Crippen molar-refractivity contribution in [3.8, 4) is 0 Å². The Kier molecular flexibility index (Phi) is 6.66. The van der Waals surface area contributed by atoms with Gasteiger partial charge in [0.05, 0.1) is 23.7 Å². The molecule has 8 nitrogen and oxygen atoms in total. The quantitative estimate of drug-likeness (QED) is 0.472. The van der Waals surface area contributed by atoms with Crippen LogP contribution in [0.1, 0.15) is 36.8 Å². The minimum atomic E-state index is -0.749. The maximum Gasteiger partial charge on any atom is 0.239 e. The summed E-state index contributed by atoms with van der Waals surface area (Å²) >= 11 is 0. The third-order valence-electron chi connectivity index (χ3n) is 7.90. The van der Waals surface area contributed by atoms with Crippen molar-refractivity contribution < 1.29 is 9.90 Å². The molecule has 1 saturated carbocycles. The second-order valence-electron chi connectivity index (χ2n) is 10.8. The summed E-state index contributed by atoms with van der Waals surface area (Å²) < 4.78 is 1.84. The molecular weight excluding hydrogens is 452 g/mol. The predicted molar refractivity (Wildman–Crippen MR) is 144 cm³/mol. The number of carbonyl (C=O) groups excluding carboxylic acids is 1. The Hall–Kier alpha value is -3.10. The average Bonchev–Trinajstić information content (AvgIpc) is 3.15. The number of aryl methyl sites for hydroxylation is 2. The molecule has 192 valence electrons. The molecule has 2 aliphatic rings. The van der Waals surface area contributed by atoms with Gasteiger partial charge in [0.2, 0.25) is 5.91 Å². The summed E-state index contributed by atoms with van der Waals surface area (Å²) in [5, 5.41) is 23.3. The van der Waals surface area contributed by atoms with Gasteiger partial charge in [-0.25, -0.2) is 0 Å². The molecule has 1 amide bonds. The van der Waals surface area contributed by atoms with Gasteiger partial charge in [-0.15, -0.1) is 0 Å². The molecule has 2 aromatic carbocycles. The van der Waals surface area contributed by atoms with E-state index in [0.29, 0.717) is 6.04 Å². The molecule has 1 saturated heterocycles. The van der Waals surface area contributed by atoms with Crippen LogP contribution in [0.15, 0.2) is 42.5 Å². The Labute approximate surface area is 213 Å². The summed E-state index contributed by atoms with van der Waals surface area (Å²) in [5.41, 5.74) is 3.60. The zero-order valence-corrected chi connectivity index (χ0v) is 21.8. The summed E-state index contributed by atoms with van der Waals surface area (Å²) in [7, 11) is 5.96. The number of aliphatic hydroxyl groups is 1. The monoisotopic (exact) mass is 490 g/mol. The van der Waals surface area contributed by atoms with Crippen LogP contribution >= 0.6 is 0 Å². The molecule has 0 atom stereocenters. The molecular formula is C28H38N6O2. The van der Waals surface area contributed by atoms with E-state index in [1.807, 2.05) is 38.0 Å². The van der Waals surface area contributed by atoms with Crippen LogP contribution in [0.3, 0.4) is 0 Å². The van der Waals surface area contributed by atoms with Crippen molar-refractivity contribution in [2.24, 2.45) is 7.05 Å². The van der Waals surface area contributed by atoms with Crippen LogP contribution in [0, 0.1) is 6.92 Å². The highest BCUT2D eigenvalue weighted by molar-refractivity contribution is 5.92. The lowest BCUT2D eigenvalue weighted by Gasteiger charge is -2.48. The molecule has 0 radical (unpaired) electrons. The van der Waals surface area contributed by atoms with Crippen LogP contribution in [-0.2, 0) is 17.4 Å². The van der Waals surface area contributed by atoms with Crippen molar-refractivity contribution in [1.29, 1.82) is 0 Å². The zero-order valence-electron chi connectivity index (χ0n) is 21.8. The van der Waals surface area contributed by atoms with E-state index in [4.69, 9.17) is 0 Å². The van der Waals surface area contributed by atoms with Crippen LogP contribution in [0.2, 0.25) is 0 Å². The van der Waals surface area contributed by atoms with E-state index in [2.05, 4.69) is 62.8 Å². The van der Waals surface area contributed by atoms with Gasteiger partial charge in [0.25, 0.3) is 0 Å². The minimum Gasteiger partial charge on any atom is -0.385 e. The smallest absolute Gasteiger partial charge is 0.239 e. The maximum absolute atomic E-state index is 12.6. The second-order valence-corrected chi connectivity index (χ2v) is 10.8. The Balaban J connectivity index is 1.08. The SMILES string of the molecule is Cc1ccc2c(c1)c(NCC(=O)NC1CN([C@H]3CC[C@@](O)(c4cccc(N(C)C)c4)CC3)C1)nn2C. The van der Waals surface area contributed by atoms with Gasteiger partial charge in [-0.3, -0.25) is 14.4 Å². The van der Waals surface area contributed by atoms with Crippen LogP contribution in [0.4, 0.5) is 11.5 Å². The van der Waals surface area contributed by atoms with E-state index in [0.717, 1.165) is 66.7 Å². The largest absolute Gasteiger partial charge is 0.385 e. The summed E-state index contributed by atoms with van der Waals surface area (Å²) in [6, 6.07) is 15.1. The van der Waals surface area contributed by atoms with Crippen molar-refractivity contribution in [2.45, 2.75) is 50.3 Å². The highest BCUT2D eigenvalue weighted by Gasteiger charge is 2.40. The number of amides is 1. The number of nitrogens with one attached hydrogen (secondary N) is 2. The first-order valence-electron chi connectivity index (χ1n) is 12.9. The van der Waals surface area contributed by atoms with E-state index in [9.17, 15) is 9.90 Å². The fraction of sp³-hybridized carbons (Fsp3) is 0.500. The predicted octanol–water partition coefficient (Wildman–Crippen LogP) is 2.99. The lowest BCUT2D eigenvalue weighted by Crippen LogP contribution is -2.63. The third kappa shape index (κ3) is 4.92. The summed E-state index contributed by atoms with van der Waals surface area (Å²) in [5.74, 6) is 0.734. The average molecular weight is 491 g/mol. The molecule has 0 spiro atoms. The lowest BCUT2D eigenvalue weighted by molar-refractivity contribution is -0.121. The maximum atomic E-state index is 12.6. The van der Waals surface area contributed by atoms with Gasteiger partial charge in [0.1, 0.15) is 0 Å². The second kappa shape index (κ2) is 9.75. The molecule has 36 heavy (non-hydrogen) atoms. The number of fused-ring (bicyclic) bond motifs is 1. The Morgan fingerprint density at radius 2 is 1.92 bits per heavy atom. The van der Waals surface area contributed by atoms with Gasteiger partial charge in [-0.1, -0.05) is 23.8 Å². The first-order chi connectivity index (χ1) is 17.2. The topological polar surface area (TPSA) is 85.7 Å². The van der Waals surface area contributed by atoms with Crippen LogP contribution in [0.25, 0.3) is 10.9 Å². The number of rotatable bonds is 7. The van der Waals surface area contributed by atoms with E-state index >= 15 is 0 Å². The van der Waals surface area contributed by atoms with Gasteiger partial charge >= 0.3 is 0 Å². The number of aromatic nitrogens is 2. The van der Waals surface area contributed by atoms with E-state index in [-0.39, 0.29) is 18.5 Å². The highest BCUT2D eigenvalue weighted by Crippen LogP contribution is 2.40. The normalized spacial score (nSPS) is 22.9.